The molecule has 5 heteroatoms. The third-order valence-electron chi connectivity index (χ3n) is 8.61. The van der Waals surface area contributed by atoms with Crippen LogP contribution in [-0.4, -0.2) is 15.5 Å². The molecule has 176 valence electrons. The summed E-state index contributed by atoms with van der Waals surface area (Å²) < 4.78 is 1.78. The van der Waals surface area contributed by atoms with E-state index < -0.39 is 0 Å². The highest BCUT2D eigenvalue weighted by Gasteiger charge is 2.51. The van der Waals surface area contributed by atoms with Crippen LogP contribution < -0.4 is 10.9 Å². The van der Waals surface area contributed by atoms with E-state index in [9.17, 15) is 9.59 Å². The van der Waals surface area contributed by atoms with Gasteiger partial charge < -0.3 is 9.88 Å². The van der Waals surface area contributed by atoms with Gasteiger partial charge in [0.1, 0.15) is 0 Å². The largest absolute Gasteiger partial charge is 0.325 e. The fourth-order valence-electron chi connectivity index (χ4n) is 7.65. The van der Waals surface area contributed by atoms with Crippen LogP contribution in [0.15, 0.2) is 59.8 Å². The summed E-state index contributed by atoms with van der Waals surface area (Å²) in [5.74, 6) is 2.63. The zero-order valence-corrected chi connectivity index (χ0v) is 19.7. The first-order valence-electron chi connectivity index (χ1n) is 12.9. The molecule has 0 atom stereocenters. The Kier molecular flexibility index (Phi) is 5.51. The lowest BCUT2D eigenvalue weighted by atomic mass is 9.49. The molecule has 0 spiro atoms. The molecule has 0 saturated heterocycles. The Labute approximate surface area is 200 Å². The molecule has 0 radical (unpaired) electrons. The van der Waals surface area contributed by atoms with E-state index in [0.29, 0.717) is 18.4 Å². The van der Waals surface area contributed by atoms with E-state index in [1.807, 2.05) is 42.6 Å². The highest BCUT2D eigenvalue weighted by atomic mass is 16.1. The van der Waals surface area contributed by atoms with Crippen molar-refractivity contribution < 1.29 is 4.79 Å². The predicted octanol–water partition coefficient (Wildman–Crippen LogP) is 5.57. The van der Waals surface area contributed by atoms with Crippen molar-refractivity contribution in [2.75, 3.05) is 5.32 Å². The van der Waals surface area contributed by atoms with E-state index in [-0.39, 0.29) is 16.9 Å². The van der Waals surface area contributed by atoms with Gasteiger partial charge in [-0.2, -0.15) is 0 Å². The first-order chi connectivity index (χ1) is 16.6. The normalized spacial score (nSPS) is 27.2. The summed E-state index contributed by atoms with van der Waals surface area (Å²) in [5.41, 5.74) is 2.20. The Morgan fingerprint density at radius 1 is 0.971 bits per heavy atom. The molecule has 4 aliphatic carbocycles. The predicted molar refractivity (Wildman–Crippen MR) is 135 cm³/mol. The van der Waals surface area contributed by atoms with Gasteiger partial charge in [0.2, 0.25) is 5.91 Å². The molecule has 3 aromatic rings. The molecule has 4 saturated carbocycles. The highest BCUT2D eigenvalue weighted by Crippen LogP contribution is 2.61. The standard InChI is InChI=1S/C29H33N3O2/c33-27(19-29-16-21-13-22(17-29)15-23(14-21)18-29)31-26-5-1-4-25-24(26)8-12-32(28(25)34)11-2-3-20-6-9-30-10-7-20/h1,4-10,12,21-23H,2-3,11,13-19H2,(H,31,33). The number of amides is 1. The van der Waals surface area contributed by atoms with E-state index in [1.165, 1.54) is 44.1 Å². The van der Waals surface area contributed by atoms with E-state index in [2.05, 4.69) is 10.3 Å². The zero-order valence-electron chi connectivity index (χ0n) is 19.7. The topological polar surface area (TPSA) is 64.0 Å². The molecular formula is C29H33N3O2. The van der Waals surface area contributed by atoms with Gasteiger partial charge in [-0.1, -0.05) is 6.07 Å². The third kappa shape index (κ3) is 4.17. The lowest BCUT2D eigenvalue weighted by molar-refractivity contribution is -0.124. The molecule has 2 heterocycles. The zero-order chi connectivity index (χ0) is 23.1. The van der Waals surface area contributed by atoms with Crippen molar-refractivity contribution in [3.05, 3.63) is 70.9 Å². The van der Waals surface area contributed by atoms with Crippen LogP contribution in [0.2, 0.25) is 0 Å². The first kappa shape index (κ1) is 21.6. The van der Waals surface area contributed by atoms with Crippen LogP contribution in [0.5, 0.6) is 0 Å². The van der Waals surface area contributed by atoms with Crippen LogP contribution in [0.25, 0.3) is 10.8 Å². The van der Waals surface area contributed by atoms with Gasteiger partial charge in [0.15, 0.2) is 0 Å². The maximum Gasteiger partial charge on any atom is 0.258 e. The molecule has 5 nitrogen and oxygen atoms in total. The Hall–Kier alpha value is -2.95. The number of fused-ring (bicyclic) bond motifs is 1. The van der Waals surface area contributed by atoms with Crippen LogP contribution in [0.4, 0.5) is 5.69 Å². The molecule has 2 aromatic heterocycles. The van der Waals surface area contributed by atoms with Gasteiger partial charge in [-0.25, -0.2) is 0 Å². The van der Waals surface area contributed by atoms with Gasteiger partial charge in [0.25, 0.3) is 5.56 Å². The van der Waals surface area contributed by atoms with Crippen LogP contribution in [0.1, 0.15) is 56.9 Å². The van der Waals surface area contributed by atoms with Crippen LogP contribution >= 0.6 is 0 Å². The fraction of sp³-hybridized carbons (Fsp3) is 0.483. The molecule has 0 unspecified atom stereocenters. The minimum absolute atomic E-state index is 0.00408. The number of anilines is 1. The smallest absolute Gasteiger partial charge is 0.258 e. The minimum atomic E-state index is 0.00408. The first-order valence-corrected chi connectivity index (χ1v) is 12.9. The molecule has 1 aromatic carbocycles. The van der Waals surface area contributed by atoms with Gasteiger partial charge >= 0.3 is 0 Å². The number of hydrogen-bond acceptors (Lipinski definition) is 3. The molecule has 4 bridgehead atoms. The number of hydrogen-bond donors (Lipinski definition) is 1. The summed E-state index contributed by atoms with van der Waals surface area (Å²) >= 11 is 0. The highest BCUT2D eigenvalue weighted by molar-refractivity contribution is 6.02. The number of pyridine rings is 2. The lowest BCUT2D eigenvalue weighted by Crippen LogP contribution is -2.47. The summed E-state index contributed by atoms with van der Waals surface area (Å²) in [6, 6.07) is 11.7. The third-order valence-corrected chi connectivity index (χ3v) is 8.61. The van der Waals surface area contributed by atoms with E-state index >= 15 is 0 Å². The molecule has 0 aliphatic heterocycles. The summed E-state index contributed by atoms with van der Waals surface area (Å²) in [7, 11) is 0. The molecule has 7 rings (SSSR count). The maximum absolute atomic E-state index is 13.2. The van der Waals surface area contributed by atoms with E-state index in [0.717, 1.165) is 41.7 Å². The number of carbonyl (C=O) groups is 1. The quantitative estimate of drug-likeness (QED) is 0.506. The van der Waals surface area contributed by atoms with Gasteiger partial charge in [0, 0.05) is 48.0 Å². The average molecular weight is 456 g/mol. The summed E-state index contributed by atoms with van der Waals surface area (Å²) in [5, 5.41) is 4.67. The number of rotatable bonds is 7. The second kappa shape index (κ2) is 8.68. The van der Waals surface area contributed by atoms with Crippen molar-refractivity contribution in [2.45, 2.75) is 64.3 Å². The SMILES string of the molecule is O=C(CC12CC3CC(CC(C3)C1)C2)Nc1cccc2c(=O)n(CCCc3ccncc3)ccc12. The van der Waals surface area contributed by atoms with Crippen LogP contribution in [0.3, 0.4) is 0 Å². The summed E-state index contributed by atoms with van der Waals surface area (Å²) in [4.78, 5) is 30.4. The van der Waals surface area contributed by atoms with Crippen molar-refractivity contribution in [3.63, 3.8) is 0 Å². The van der Waals surface area contributed by atoms with Crippen molar-refractivity contribution in [1.29, 1.82) is 0 Å². The van der Waals surface area contributed by atoms with Gasteiger partial charge in [-0.05, 0) is 110 Å². The second-order valence-electron chi connectivity index (χ2n) is 11.2. The molecule has 1 N–H and O–H groups in total. The van der Waals surface area contributed by atoms with Crippen molar-refractivity contribution >= 4 is 22.4 Å². The Morgan fingerprint density at radius 2 is 1.68 bits per heavy atom. The van der Waals surface area contributed by atoms with Crippen molar-refractivity contribution in [3.8, 4) is 0 Å². The number of benzene rings is 1. The Morgan fingerprint density at radius 3 is 2.38 bits per heavy atom. The number of nitrogens with one attached hydrogen (secondary N) is 1. The fourth-order valence-corrected chi connectivity index (χ4v) is 7.65. The molecule has 4 fully saturated rings. The minimum Gasteiger partial charge on any atom is -0.325 e. The second-order valence-corrected chi connectivity index (χ2v) is 11.2. The van der Waals surface area contributed by atoms with Gasteiger partial charge in [0.05, 0.1) is 0 Å². The summed E-state index contributed by atoms with van der Waals surface area (Å²) in [6.07, 6.45) is 15.7. The van der Waals surface area contributed by atoms with E-state index in [4.69, 9.17) is 0 Å². The monoisotopic (exact) mass is 455 g/mol. The van der Waals surface area contributed by atoms with Crippen LogP contribution in [0, 0.1) is 23.2 Å². The van der Waals surface area contributed by atoms with E-state index in [1.54, 1.807) is 17.0 Å². The van der Waals surface area contributed by atoms with Gasteiger partial charge in [-0.15, -0.1) is 0 Å². The molecular weight excluding hydrogens is 422 g/mol. The number of carbonyl (C=O) groups excluding carboxylic acids is 1. The number of aromatic nitrogens is 2. The maximum atomic E-state index is 13.2. The average Bonchev–Trinajstić information content (AvgIpc) is 2.80. The molecule has 34 heavy (non-hydrogen) atoms. The van der Waals surface area contributed by atoms with Crippen molar-refractivity contribution in [2.24, 2.45) is 23.2 Å². The van der Waals surface area contributed by atoms with Crippen LogP contribution in [-0.2, 0) is 17.8 Å². The van der Waals surface area contributed by atoms with Crippen molar-refractivity contribution in [1.82, 2.24) is 9.55 Å². The lowest BCUT2D eigenvalue weighted by Gasteiger charge is -2.56. The Balaban J connectivity index is 1.16. The molecule has 4 aliphatic rings. The number of aryl methyl sites for hydroxylation is 2. The number of nitrogens with zero attached hydrogens (tertiary/aromatic N) is 2. The summed E-state index contributed by atoms with van der Waals surface area (Å²) in [6.45, 7) is 0.666. The molecule has 1 amide bonds. The Bertz CT molecular complexity index is 1230. The van der Waals surface area contributed by atoms with Gasteiger partial charge in [-0.3, -0.25) is 14.6 Å².